The molecule has 0 heterocycles. The van der Waals surface area contributed by atoms with Crippen LogP contribution in [0.25, 0.3) is 0 Å². The molecule has 0 fully saturated rings. The molecule has 1 atom stereocenters. The lowest BCUT2D eigenvalue weighted by atomic mass is 9.83. The highest BCUT2D eigenvalue weighted by molar-refractivity contribution is 5.72. The van der Waals surface area contributed by atoms with Gasteiger partial charge in [0.2, 0.25) is 0 Å². The highest BCUT2D eigenvalue weighted by Gasteiger charge is 2.16. The monoisotopic (exact) mass is 200 g/mol. The number of fused-ring (bicyclic) bond motifs is 1. The Balaban J connectivity index is 2.15. The minimum atomic E-state index is 0.546. The molecular weight excluding hydrogens is 184 g/mol. The van der Waals surface area contributed by atoms with Crippen LogP contribution in [0.1, 0.15) is 24.5 Å². The van der Waals surface area contributed by atoms with Gasteiger partial charge in [0.25, 0.3) is 0 Å². The number of aryl methyl sites for hydroxylation is 1. The summed E-state index contributed by atoms with van der Waals surface area (Å²) in [4.78, 5) is 10.6. The summed E-state index contributed by atoms with van der Waals surface area (Å²) in [5.41, 5.74) is 3.79. The van der Waals surface area contributed by atoms with E-state index in [-0.39, 0.29) is 0 Å². The van der Waals surface area contributed by atoms with Gasteiger partial charge in [-0.15, -0.1) is 0 Å². The predicted octanol–water partition coefficient (Wildman–Crippen LogP) is 2.94. The summed E-state index contributed by atoms with van der Waals surface area (Å²) in [5, 5.41) is 0. The van der Waals surface area contributed by atoms with Crippen molar-refractivity contribution in [3.8, 4) is 0 Å². The highest BCUT2D eigenvalue weighted by Crippen LogP contribution is 2.26. The van der Waals surface area contributed by atoms with E-state index >= 15 is 0 Å². The van der Waals surface area contributed by atoms with Crippen molar-refractivity contribution in [3.05, 3.63) is 47.0 Å². The van der Waals surface area contributed by atoms with Crippen LogP contribution < -0.4 is 0 Å². The molecule has 1 aliphatic rings. The van der Waals surface area contributed by atoms with Crippen molar-refractivity contribution in [2.75, 3.05) is 0 Å². The van der Waals surface area contributed by atoms with Gasteiger partial charge in [0.15, 0.2) is 0 Å². The van der Waals surface area contributed by atoms with Crippen molar-refractivity contribution in [1.29, 1.82) is 0 Å². The maximum Gasteiger partial charge on any atom is 0.145 e. The van der Waals surface area contributed by atoms with Crippen molar-refractivity contribution in [3.63, 3.8) is 0 Å². The molecule has 0 radical (unpaired) electrons. The maximum absolute atomic E-state index is 10.6. The first-order valence-corrected chi connectivity index (χ1v) is 5.50. The minimum Gasteiger partial charge on any atom is -0.298 e. The van der Waals surface area contributed by atoms with E-state index in [0.717, 1.165) is 24.7 Å². The summed E-state index contributed by atoms with van der Waals surface area (Å²) in [7, 11) is 0. The number of carbonyl (C=O) groups is 1. The van der Waals surface area contributed by atoms with Crippen molar-refractivity contribution in [2.24, 2.45) is 5.92 Å². The van der Waals surface area contributed by atoms with Gasteiger partial charge < -0.3 is 0 Å². The number of hydrogen-bond donors (Lipinski definition) is 0. The molecular formula is C14H16O. The second-order valence-corrected chi connectivity index (χ2v) is 4.30. The minimum absolute atomic E-state index is 0.546. The maximum atomic E-state index is 10.6. The van der Waals surface area contributed by atoms with E-state index in [1.165, 1.54) is 17.5 Å². The molecule has 1 heteroatoms. The zero-order chi connectivity index (χ0) is 10.7. The molecule has 0 aromatic heterocycles. The van der Waals surface area contributed by atoms with Gasteiger partial charge in [-0.25, -0.2) is 0 Å². The number of allylic oxidation sites excluding steroid dienone is 2. The van der Waals surface area contributed by atoms with E-state index < -0.39 is 0 Å². The van der Waals surface area contributed by atoms with Crippen LogP contribution in [-0.4, -0.2) is 6.29 Å². The summed E-state index contributed by atoms with van der Waals surface area (Å²) in [6.07, 6.45) is 6.45. The van der Waals surface area contributed by atoms with E-state index in [0.29, 0.717) is 5.92 Å². The van der Waals surface area contributed by atoms with E-state index in [4.69, 9.17) is 0 Å². The van der Waals surface area contributed by atoms with Gasteiger partial charge in [-0.3, -0.25) is 4.79 Å². The fourth-order valence-corrected chi connectivity index (χ4v) is 2.28. The Labute approximate surface area is 90.8 Å². The van der Waals surface area contributed by atoms with Gasteiger partial charge in [-0.05, 0) is 48.8 Å². The second-order valence-electron chi connectivity index (χ2n) is 4.30. The molecule has 0 spiro atoms. The molecule has 78 valence electrons. The van der Waals surface area contributed by atoms with E-state index in [2.05, 4.69) is 30.3 Å². The normalized spacial score (nSPS) is 20.9. The molecule has 0 aliphatic heterocycles. The van der Waals surface area contributed by atoms with Gasteiger partial charge in [0.1, 0.15) is 6.29 Å². The molecule has 0 bridgehead atoms. The van der Waals surface area contributed by atoms with E-state index in [1.807, 2.05) is 6.92 Å². The lowest BCUT2D eigenvalue weighted by Crippen LogP contribution is -2.12. The predicted molar refractivity (Wildman–Crippen MR) is 61.8 cm³/mol. The SMILES string of the molecule is C/C(C=O)=C\[C@@H]1CCc2ccccc2C1. The summed E-state index contributed by atoms with van der Waals surface area (Å²) in [6.45, 7) is 1.88. The average Bonchev–Trinajstić information content (AvgIpc) is 2.29. The number of benzene rings is 1. The third kappa shape index (κ3) is 2.35. The van der Waals surface area contributed by atoms with Crippen LogP contribution in [0.2, 0.25) is 0 Å². The average molecular weight is 200 g/mol. The van der Waals surface area contributed by atoms with E-state index in [9.17, 15) is 4.79 Å². The van der Waals surface area contributed by atoms with Crippen molar-refractivity contribution >= 4 is 6.29 Å². The quantitative estimate of drug-likeness (QED) is 0.530. The van der Waals surface area contributed by atoms with Crippen molar-refractivity contribution < 1.29 is 4.79 Å². The third-order valence-corrected chi connectivity index (χ3v) is 3.07. The number of hydrogen-bond acceptors (Lipinski definition) is 1. The number of rotatable bonds is 2. The van der Waals surface area contributed by atoms with Crippen molar-refractivity contribution in [2.45, 2.75) is 26.2 Å². The molecule has 1 aliphatic carbocycles. The Hall–Kier alpha value is -1.37. The Morgan fingerprint density at radius 1 is 1.33 bits per heavy atom. The smallest absolute Gasteiger partial charge is 0.145 e. The second kappa shape index (κ2) is 4.43. The van der Waals surface area contributed by atoms with Crippen LogP contribution in [-0.2, 0) is 17.6 Å². The zero-order valence-corrected chi connectivity index (χ0v) is 9.07. The van der Waals surface area contributed by atoms with Crippen LogP contribution in [0, 0.1) is 5.92 Å². The van der Waals surface area contributed by atoms with Gasteiger partial charge in [-0.1, -0.05) is 30.3 Å². The first kappa shape index (κ1) is 10.2. The molecule has 0 saturated carbocycles. The topological polar surface area (TPSA) is 17.1 Å². The summed E-state index contributed by atoms with van der Waals surface area (Å²) in [5.74, 6) is 0.546. The fraction of sp³-hybridized carbons (Fsp3) is 0.357. The van der Waals surface area contributed by atoms with Gasteiger partial charge in [0, 0.05) is 0 Å². The zero-order valence-electron chi connectivity index (χ0n) is 9.07. The van der Waals surface area contributed by atoms with Crippen LogP contribution in [0.3, 0.4) is 0 Å². The van der Waals surface area contributed by atoms with Crippen LogP contribution >= 0.6 is 0 Å². The largest absolute Gasteiger partial charge is 0.298 e. The van der Waals surface area contributed by atoms with Gasteiger partial charge in [-0.2, -0.15) is 0 Å². The molecule has 15 heavy (non-hydrogen) atoms. The molecule has 0 saturated heterocycles. The Kier molecular flexibility index (Phi) is 3.00. The number of carbonyl (C=O) groups excluding carboxylic acids is 1. The third-order valence-electron chi connectivity index (χ3n) is 3.07. The lowest BCUT2D eigenvalue weighted by Gasteiger charge is -2.22. The molecule has 1 nitrogen and oxygen atoms in total. The summed E-state index contributed by atoms with van der Waals surface area (Å²) >= 11 is 0. The number of aldehydes is 1. The standard InChI is InChI=1S/C14H16O/c1-11(10-15)8-12-6-7-13-4-2-3-5-14(13)9-12/h2-5,8,10,12H,6-7,9H2,1H3/b11-8+/t12-/m0/s1. The molecule has 0 unspecified atom stereocenters. The molecule has 1 aromatic rings. The molecule has 1 aromatic carbocycles. The Morgan fingerprint density at radius 3 is 2.80 bits per heavy atom. The first-order valence-electron chi connectivity index (χ1n) is 5.50. The van der Waals surface area contributed by atoms with Gasteiger partial charge >= 0.3 is 0 Å². The Morgan fingerprint density at radius 2 is 2.07 bits per heavy atom. The summed E-state index contributed by atoms with van der Waals surface area (Å²) in [6, 6.07) is 8.61. The fourth-order valence-electron chi connectivity index (χ4n) is 2.28. The van der Waals surface area contributed by atoms with Gasteiger partial charge in [0.05, 0.1) is 0 Å². The van der Waals surface area contributed by atoms with E-state index in [1.54, 1.807) is 0 Å². The summed E-state index contributed by atoms with van der Waals surface area (Å²) < 4.78 is 0. The van der Waals surface area contributed by atoms with Crippen LogP contribution in [0.15, 0.2) is 35.9 Å². The lowest BCUT2D eigenvalue weighted by molar-refractivity contribution is -0.104. The molecule has 2 rings (SSSR count). The Bertz CT molecular complexity index is 390. The highest BCUT2D eigenvalue weighted by atomic mass is 16.1. The first-order chi connectivity index (χ1) is 7.29. The molecule has 0 N–H and O–H groups in total. The van der Waals surface area contributed by atoms with Crippen LogP contribution in [0.5, 0.6) is 0 Å². The van der Waals surface area contributed by atoms with Crippen LogP contribution in [0.4, 0.5) is 0 Å². The molecule has 0 amide bonds. The van der Waals surface area contributed by atoms with Crippen molar-refractivity contribution in [1.82, 2.24) is 0 Å².